The lowest BCUT2D eigenvalue weighted by molar-refractivity contribution is -0.124. The SMILES string of the molecule is CCOc1ccccc1/C=C1\SC(=Nc2ccccc2)N([C@H]2CCCC[C@H]2C)C1=O. The van der Waals surface area contributed by atoms with Gasteiger partial charge in [0, 0.05) is 11.6 Å². The van der Waals surface area contributed by atoms with Gasteiger partial charge in [0.25, 0.3) is 5.91 Å². The van der Waals surface area contributed by atoms with Gasteiger partial charge in [0.1, 0.15) is 5.75 Å². The van der Waals surface area contributed by atoms with Gasteiger partial charge in [-0.2, -0.15) is 0 Å². The molecule has 2 aliphatic rings. The maximum Gasteiger partial charge on any atom is 0.267 e. The van der Waals surface area contributed by atoms with E-state index in [1.807, 2.05) is 72.5 Å². The Hall–Kier alpha value is -2.53. The number of carbonyl (C=O) groups excluding carboxylic acids is 1. The van der Waals surface area contributed by atoms with E-state index in [-0.39, 0.29) is 11.9 Å². The normalized spacial score (nSPS) is 24.6. The van der Waals surface area contributed by atoms with E-state index < -0.39 is 0 Å². The van der Waals surface area contributed by atoms with Crippen molar-refractivity contribution in [2.24, 2.45) is 10.9 Å². The van der Waals surface area contributed by atoms with Crippen LogP contribution in [0, 0.1) is 5.92 Å². The zero-order valence-corrected chi connectivity index (χ0v) is 18.4. The molecule has 1 saturated heterocycles. The van der Waals surface area contributed by atoms with Crippen LogP contribution < -0.4 is 4.74 Å². The second-order valence-corrected chi connectivity index (χ2v) is 8.82. The number of amidine groups is 1. The van der Waals surface area contributed by atoms with E-state index in [4.69, 9.17) is 9.73 Å². The van der Waals surface area contributed by atoms with Crippen molar-refractivity contribution in [3.05, 3.63) is 65.1 Å². The minimum Gasteiger partial charge on any atom is -0.493 e. The summed E-state index contributed by atoms with van der Waals surface area (Å²) in [4.78, 5) is 21.1. The number of nitrogens with zero attached hydrogens (tertiary/aromatic N) is 2. The van der Waals surface area contributed by atoms with E-state index in [0.717, 1.165) is 41.4 Å². The maximum atomic E-state index is 13.5. The number of amides is 1. The van der Waals surface area contributed by atoms with Gasteiger partial charge in [0.05, 0.1) is 17.2 Å². The van der Waals surface area contributed by atoms with Crippen molar-refractivity contribution in [1.29, 1.82) is 0 Å². The predicted octanol–water partition coefficient (Wildman–Crippen LogP) is 6.27. The number of aliphatic imine (C=N–C) groups is 1. The molecule has 0 spiro atoms. The molecule has 2 fully saturated rings. The Bertz CT molecular complexity index is 955. The van der Waals surface area contributed by atoms with Crippen molar-refractivity contribution < 1.29 is 9.53 Å². The molecule has 4 rings (SSSR count). The number of hydrogen-bond acceptors (Lipinski definition) is 4. The number of rotatable bonds is 5. The van der Waals surface area contributed by atoms with E-state index in [0.29, 0.717) is 17.4 Å². The van der Waals surface area contributed by atoms with Crippen LogP contribution in [0.4, 0.5) is 5.69 Å². The van der Waals surface area contributed by atoms with E-state index >= 15 is 0 Å². The first-order chi connectivity index (χ1) is 14.7. The maximum absolute atomic E-state index is 13.5. The largest absolute Gasteiger partial charge is 0.493 e. The summed E-state index contributed by atoms with van der Waals surface area (Å²) in [6.45, 7) is 4.82. The number of para-hydroxylation sites is 2. The van der Waals surface area contributed by atoms with Gasteiger partial charge >= 0.3 is 0 Å². The summed E-state index contributed by atoms with van der Waals surface area (Å²) in [6, 6.07) is 18.0. The third kappa shape index (κ3) is 4.46. The third-order valence-corrected chi connectivity index (χ3v) is 6.70. The van der Waals surface area contributed by atoms with Gasteiger partial charge in [-0.15, -0.1) is 0 Å². The molecule has 156 valence electrons. The van der Waals surface area contributed by atoms with Gasteiger partial charge in [-0.25, -0.2) is 4.99 Å². The summed E-state index contributed by atoms with van der Waals surface area (Å²) in [5, 5.41) is 0.782. The number of ether oxygens (including phenoxy) is 1. The minimum atomic E-state index is 0.0553. The minimum absolute atomic E-state index is 0.0553. The molecule has 0 unspecified atom stereocenters. The molecule has 5 heteroatoms. The van der Waals surface area contributed by atoms with Gasteiger partial charge in [0.2, 0.25) is 0 Å². The van der Waals surface area contributed by atoms with Crippen LogP contribution in [0.3, 0.4) is 0 Å². The summed E-state index contributed by atoms with van der Waals surface area (Å²) in [7, 11) is 0. The summed E-state index contributed by atoms with van der Waals surface area (Å²) in [5.41, 5.74) is 1.80. The van der Waals surface area contributed by atoms with E-state index in [9.17, 15) is 4.79 Å². The Kier molecular flexibility index (Phi) is 6.58. The Morgan fingerprint density at radius 3 is 2.60 bits per heavy atom. The van der Waals surface area contributed by atoms with Gasteiger partial charge in [-0.05, 0) is 61.7 Å². The molecule has 0 aromatic heterocycles. The van der Waals surface area contributed by atoms with Gasteiger partial charge in [-0.3, -0.25) is 9.69 Å². The highest BCUT2D eigenvalue weighted by molar-refractivity contribution is 8.18. The zero-order valence-electron chi connectivity index (χ0n) is 17.6. The molecular formula is C25H28N2O2S. The molecule has 1 saturated carbocycles. The molecular weight excluding hydrogens is 392 g/mol. The van der Waals surface area contributed by atoms with Crippen molar-refractivity contribution in [3.8, 4) is 5.75 Å². The van der Waals surface area contributed by atoms with Crippen LogP contribution in [0.2, 0.25) is 0 Å². The summed E-state index contributed by atoms with van der Waals surface area (Å²) >= 11 is 1.47. The Morgan fingerprint density at radius 1 is 1.10 bits per heavy atom. The number of thioether (sulfide) groups is 1. The first-order valence-electron chi connectivity index (χ1n) is 10.8. The van der Waals surface area contributed by atoms with Crippen molar-refractivity contribution >= 4 is 34.6 Å². The van der Waals surface area contributed by atoms with Crippen molar-refractivity contribution in [2.45, 2.75) is 45.6 Å². The zero-order chi connectivity index (χ0) is 20.9. The smallest absolute Gasteiger partial charge is 0.267 e. The number of hydrogen-bond donors (Lipinski definition) is 0. The van der Waals surface area contributed by atoms with Crippen LogP contribution >= 0.6 is 11.8 Å². The number of carbonyl (C=O) groups is 1. The summed E-state index contributed by atoms with van der Waals surface area (Å²) in [5.74, 6) is 1.32. The Morgan fingerprint density at radius 2 is 1.83 bits per heavy atom. The first-order valence-corrected chi connectivity index (χ1v) is 11.6. The Balaban J connectivity index is 1.72. The average Bonchev–Trinajstić information content (AvgIpc) is 3.05. The molecule has 0 radical (unpaired) electrons. The quantitative estimate of drug-likeness (QED) is 0.536. The molecule has 1 aliphatic carbocycles. The molecule has 1 heterocycles. The highest BCUT2D eigenvalue weighted by Crippen LogP contribution is 2.40. The summed E-state index contributed by atoms with van der Waals surface area (Å²) in [6.07, 6.45) is 6.54. The molecule has 0 bridgehead atoms. The van der Waals surface area contributed by atoms with Gasteiger partial charge in [0.15, 0.2) is 5.17 Å². The highest BCUT2D eigenvalue weighted by Gasteiger charge is 2.41. The van der Waals surface area contributed by atoms with E-state index in [1.54, 1.807) is 0 Å². The van der Waals surface area contributed by atoms with Crippen LogP contribution in [0.25, 0.3) is 6.08 Å². The Labute approximate surface area is 183 Å². The van der Waals surface area contributed by atoms with Crippen molar-refractivity contribution in [3.63, 3.8) is 0 Å². The fraction of sp³-hybridized carbons (Fsp3) is 0.360. The monoisotopic (exact) mass is 420 g/mol. The lowest BCUT2D eigenvalue weighted by Crippen LogP contribution is -2.44. The van der Waals surface area contributed by atoms with Crippen LogP contribution in [0.5, 0.6) is 5.75 Å². The standard InChI is InChI=1S/C25H28N2O2S/c1-3-29-22-16-10-8-12-19(22)17-23-24(28)27(21-15-9-7-11-18(21)2)25(30-23)26-20-13-5-4-6-14-20/h4-6,8,10,12-14,16-18,21H,3,7,9,11,15H2,1-2H3/b23-17-,26-25?/t18-,21+/m1/s1. The first kappa shape index (κ1) is 20.7. The summed E-state index contributed by atoms with van der Waals surface area (Å²) < 4.78 is 5.76. The molecule has 2 aromatic carbocycles. The van der Waals surface area contributed by atoms with E-state index in [2.05, 4.69) is 6.92 Å². The van der Waals surface area contributed by atoms with Crippen LogP contribution in [-0.2, 0) is 4.79 Å². The molecule has 0 N–H and O–H groups in total. The molecule has 4 nitrogen and oxygen atoms in total. The highest BCUT2D eigenvalue weighted by atomic mass is 32.2. The van der Waals surface area contributed by atoms with Crippen LogP contribution in [0.1, 0.15) is 45.1 Å². The van der Waals surface area contributed by atoms with Crippen LogP contribution in [0.15, 0.2) is 64.5 Å². The van der Waals surface area contributed by atoms with E-state index in [1.165, 1.54) is 18.2 Å². The molecule has 2 aromatic rings. The fourth-order valence-corrected chi connectivity index (χ4v) is 5.21. The molecule has 1 amide bonds. The topological polar surface area (TPSA) is 41.9 Å². The third-order valence-electron chi connectivity index (χ3n) is 5.72. The lowest BCUT2D eigenvalue weighted by Gasteiger charge is -2.35. The molecule has 30 heavy (non-hydrogen) atoms. The molecule has 2 atom stereocenters. The van der Waals surface area contributed by atoms with Crippen LogP contribution in [-0.4, -0.2) is 28.6 Å². The second-order valence-electron chi connectivity index (χ2n) is 7.82. The van der Waals surface area contributed by atoms with Crippen molar-refractivity contribution in [1.82, 2.24) is 4.90 Å². The average molecular weight is 421 g/mol. The predicted molar refractivity (Wildman–Crippen MR) is 125 cm³/mol. The number of benzene rings is 2. The molecule has 1 aliphatic heterocycles. The second kappa shape index (κ2) is 9.52. The lowest BCUT2D eigenvalue weighted by atomic mass is 9.85. The van der Waals surface area contributed by atoms with Gasteiger partial charge in [-0.1, -0.05) is 56.2 Å². The van der Waals surface area contributed by atoms with Gasteiger partial charge < -0.3 is 4.74 Å². The van der Waals surface area contributed by atoms with Crippen molar-refractivity contribution in [2.75, 3.05) is 6.61 Å². The fourth-order valence-electron chi connectivity index (χ4n) is 4.18.